The van der Waals surface area contributed by atoms with Gasteiger partial charge < -0.3 is 33.8 Å². The van der Waals surface area contributed by atoms with Crippen LogP contribution in [0.2, 0.25) is 0 Å². The number of esters is 4. The van der Waals surface area contributed by atoms with Crippen molar-refractivity contribution in [3.8, 4) is 0 Å². The zero-order valence-electron chi connectivity index (χ0n) is 57.6. The van der Waals surface area contributed by atoms with Crippen LogP contribution < -0.4 is 0 Å². The minimum absolute atomic E-state index is 0.105. The number of hydrogen-bond acceptors (Lipinski definition) is 15. The van der Waals surface area contributed by atoms with E-state index in [0.29, 0.717) is 25.7 Å². The maximum atomic E-state index is 13.0. The van der Waals surface area contributed by atoms with Gasteiger partial charge in [0.1, 0.15) is 19.3 Å². The van der Waals surface area contributed by atoms with E-state index in [2.05, 4.69) is 34.6 Å². The molecule has 17 nitrogen and oxygen atoms in total. The fourth-order valence-corrected chi connectivity index (χ4v) is 12.2. The van der Waals surface area contributed by atoms with Crippen LogP contribution in [0, 0.1) is 5.92 Å². The van der Waals surface area contributed by atoms with Crippen molar-refractivity contribution < 1.29 is 80.2 Å². The second-order valence-corrected chi connectivity index (χ2v) is 28.7. The van der Waals surface area contributed by atoms with Crippen molar-refractivity contribution in [2.45, 2.75) is 380 Å². The minimum Gasteiger partial charge on any atom is -0.462 e. The van der Waals surface area contributed by atoms with Crippen molar-refractivity contribution in [1.29, 1.82) is 0 Å². The summed E-state index contributed by atoms with van der Waals surface area (Å²) in [7, 11) is -9.90. The van der Waals surface area contributed by atoms with Gasteiger partial charge in [-0.1, -0.05) is 311 Å². The van der Waals surface area contributed by atoms with Crippen molar-refractivity contribution in [2.75, 3.05) is 39.6 Å². The summed E-state index contributed by atoms with van der Waals surface area (Å²) in [6, 6.07) is 0. The fraction of sp³-hybridized carbons (Fsp3) is 0.943. The van der Waals surface area contributed by atoms with Gasteiger partial charge in [-0.25, -0.2) is 9.13 Å². The van der Waals surface area contributed by atoms with Gasteiger partial charge in [0.05, 0.1) is 26.4 Å². The van der Waals surface area contributed by atoms with Gasteiger partial charge in [-0.15, -0.1) is 0 Å². The molecule has 0 aliphatic rings. The van der Waals surface area contributed by atoms with Gasteiger partial charge in [-0.3, -0.25) is 37.3 Å². The van der Waals surface area contributed by atoms with Gasteiger partial charge in [-0.05, 0) is 31.6 Å². The maximum Gasteiger partial charge on any atom is 0.472 e. The van der Waals surface area contributed by atoms with Gasteiger partial charge >= 0.3 is 39.5 Å². The van der Waals surface area contributed by atoms with E-state index in [-0.39, 0.29) is 25.7 Å². The third-order valence-electron chi connectivity index (χ3n) is 16.3. The molecule has 2 unspecified atom stereocenters. The number of carbonyl (C=O) groups excluding carboxylic acids is 4. The SMILES string of the molecule is CCCCCCCCCCCCCCCCCCC(=O)O[C@H](COC(=O)CCCCCCCCCCCCCCC)COP(=O)(O)OC[C@@H](O)COP(=O)(O)OC[C@@H](COC(=O)CCCCCCCCCCC)OC(=O)CCCCCCCCCCC(C)C. The van der Waals surface area contributed by atoms with Crippen molar-refractivity contribution in [2.24, 2.45) is 5.92 Å². The lowest BCUT2D eigenvalue weighted by Crippen LogP contribution is -2.30. The van der Waals surface area contributed by atoms with Crippen LogP contribution in [0.15, 0.2) is 0 Å². The smallest absolute Gasteiger partial charge is 0.462 e. The third kappa shape index (κ3) is 64.6. The third-order valence-corrected chi connectivity index (χ3v) is 18.2. The number of carbonyl (C=O) groups is 4. The van der Waals surface area contributed by atoms with Crippen LogP contribution in [0.5, 0.6) is 0 Å². The molecule has 19 heteroatoms. The number of phosphoric ester groups is 2. The standard InChI is InChI=1S/C70H136O17P2/c1-6-9-12-15-18-21-23-25-26-27-29-31-34-40-45-50-55-69(74)86-65(60-81-68(73)54-49-44-39-33-30-28-24-22-19-16-13-10-7-2)61-84-88(76,77)82-57-64(71)58-83-89(78,79)85-62-66(59-80-67(72)53-48-43-38-32-20-17-14-11-8-3)87-70(75)56-51-46-41-36-35-37-42-47-52-63(4)5/h63-66,71H,6-62H2,1-5H3,(H,76,77)(H,78,79)/t64-,65-,66-/m1/s1. The quantitative estimate of drug-likeness (QED) is 0.0222. The topological polar surface area (TPSA) is 237 Å². The molecule has 0 spiro atoms. The first kappa shape index (κ1) is 87.1. The number of unbranched alkanes of at least 4 members (excludes halogenated alkanes) is 42. The van der Waals surface area contributed by atoms with Crippen LogP contribution in [-0.2, 0) is 65.4 Å². The first-order chi connectivity index (χ1) is 43.0. The molecule has 3 N–H and O–H groups in total. The average Bonchev–Trinajstić information content (AvgIpc) is 3.65. The second-order valence-electron chi connectivity index (χ2n) is 25.7. The van der Waals surface area contributed by atoms with Crippen LogP contribution in [-0.4, -0.2) is 96.7 Å². The van der Waals surface area contributed by atoms with E-state index in [1.165, 1.54) is 186 Å². The summed E-state index contributed by atoms with van der Waals surface area (Å²) >= 11 is 0. The monoisotopic (exact) mass is 1310 g/mol. The van der Waals surface area contributed by atoms with E-state index in [1.807, 2.05) is 0 Å². The van der Waals surface area contributed by atoms with Crippen LogP contribution in [0.25, 0.3) is 0 Å². The van der Waals surface area contributed by atoms with E-state index in [9.17, 15) is 43.2 Å². The largest absolute Gasteiger partial charge is 0.472 e. The van der Waals surface area contributed by atoms with Crippen molar-refractivity contribution in [3.63, 3.8) is 0 Å². The highest BCUT2D eigenvalue weighted by Gasteiger charge is 2.30. The van der Waals surface area contributed by atoms with Crippen LogP contribution >= 0.6 is 15.6 Å². The second kappa shape index (κ2) is 63.5. The summed E-state index contributed by atoms with van der Waals surface area (Å²) in [6.07, 6.45) is 49.9. The molecule has 0 fully saturated rings. The molecule has 0 aliphatic heterocycles. The van der Waals surface area contributed by atoms with Crippen LogP contribution in [0.3, 0.4) is 0 Å². The molecule has 0 bridgehead atoms. The Morgan fingerprint density at radius 3 is 0.764 bits per heavy atom. The summed E-state index contributed by atoms with van der Waals surface area (Å²) in [5, 5.41) is 10.6. The number of ether oxygens (including phenoxy) is 4. The molecular formula is C70H136O17P2. The van der Waals surface area contributed by atoms with Crippen LogP contribution in [0.1, 0.15) is 362 Å². The summed E-state index contributed by atoms with van der Waals surface area (Å²) < 4.78 is 68.2. The van der Waals surface area contributed by atoms with Crippen molar-refractivity contribution >= 4 is 39.5 Å². The Bertz CT molecular complexity index is 1720. The first-order valence-corrected chi connectivity index (χ1v) is 39.6. The van der Waals surface area contributed by atoms with E-state index in [0.717, 1.165) is 95.8 Å². The average molecular weight is 1310 g/mol. The summed E-state index contributed by atoms with van der Waals surface area (Å²) in [5.41, 5.74) is 0. The molecular weight excluding hydrogens is 1170 g/mol. The highest BCUT2D eigenvalue weighted by Crippen LogP contribution is 2.45. The molecule has 0 aromatic carbocycles. The molecule has 89 heavy (non-hydrogen) atoms. The molecule has 0 saturated carbocycles. The summed E-state index contributed by atoms with van der Waals surface area (Å²) in [5.74, 6) is -1.40. The fourth-order valence-electron chi connectivity index (χ4n) is 10.6. The molecule has 0 aromatic heterocycles. The van der Waals surface area contributed by atoms with E-state index < -0.39 is 97.5 Å². The van der Waals surface area contributed by atoms with Crippen molar-refractivity contribution in [3.05, 3.63) is 0 Å². The molecule has 528 valence electrons. The number of rotatable bonds is 70. The number of hydrogen-bond donors (Lipinski definition) is 3. The van der Waals surface area contributed by atoms with Crippen molar-refractivity contribution in [1.82, 2.24) is 0 Å². The zero-order chi connectivity index (χ0) is 65.6. The van der Waals surface area contributed by atoms with Gasteiger partial charge in [0.15, 0.2) is 12.2 Å². The van der Waals surface area contributed by atoms with Gasteiger partial charge in [0.25, 0.3) is 0 Å². The Morgan fingerprint density at radius 1 is 0.303 bits per heavy atom. The molecule has 5 atom stereocenters. The lowest BCUT2D eigenvalue weighted by molar-refractivity contribution is -0.161. The molecule has 0 radical (unpaired) electrons. The minimum atomic E-state index is -4.95. The summed E-state index contributed by atoms with van der Waals surface area (Å²) in [4.78, 5) is 72.5. The Kier molecular flexibility index (Phi) is 62.1. The molecule has 0 saturated heterocycles. The lowest BCUT2D eigenvalue weighted by Gasteiger charge is -2.21. The zero-order valence-corrected chi connectivity index (χ0v) is 59.4. The summed E-state index contributed by atoms with van der Waals surface area (Å²) in [6.45, 7) is 7.20. The highest BCUT2D eigenvalue weighted by atomic mass is 31.2. The number of aliphatic hydroxyl groups excluding tert-OH is 1. The lowest BCUT2D eigenvalue weighted by atomic mass is 10.0. The highest BCUT2D eigenvalue weighted by molar-refractivity contribution is 7.47. The normalized spacial score (nSPS) is 14.1. The van der Waals surface area contributed by atoms with Crippen LogP contribution in [0.4, 0.5) is 0 Å². The number of aliphatic hydroxyl groups is 1. The Hall–Kier alpha value is -1.94. The molecule has 0 aromatic rings. The molecule has 0 heterocycles. The van der Waals surface area contributed by atoms with E-state index >= 15 is 0 Å². The Morgan fingerprint density at radius 2 is 0.517 bits per heavy atom. The van der Waals surface area contributed by atoms with Gasteiger partial charge in [-0.2, -0.15) is 0 Å². The first-order valence-electron chi connectivity index (χ1n) is 36.6. The number of phosphoric acid groups is 2. The predicted octanol–water partition coefficient (Wildman–Crippen LogP) is 20.1. The molecule has 0 amide bonds. The molecule has 0 rings (SSSR count). The van der Waals surface area contributed by atoms with E-state index in [4.69, 9.17) is 37.0 Å². The van der Waals surface area contributed by atoms with E-state index in [1.54, 1.807) is 0 Å². The predicted molar refractivity (Wildman–Crippen MR) is 358 cm³/mol. The van der Waals surface area contributed by atoms with Gasteiger partial charge in [0.2, 0.25) is 0 Å². The Balaban J connectivity index is 5.23. The maximum absolute atomic E-state index is 13.0. The van der Waals surface area contributed by atoms with Gasteiger partial charge in [0, 0.05) is 25.7 Å². The Labute approximate surface area is 543 Å². The molecule has 0 aliphatic carbocycles.